The second-order valence-electron chi connectivity index (χ2n) is 6.25. The van der Waals surface area contributed by atoms with E-state index in [0.717, 1.165) is 5.69 Å². The lowest BCUT2D eigenvalue weighted by molar-refractivity contribution is 0.101. The zero-order valence-corrected chi connectivity index (χ0v) is 16.5. The van der Waals surface area contributed by atoms with E-state index in [0.29, 0.717) is 28.2 Å². The molecule has 2 aromatic carbocycles. The minimum atomic E-state index is -3.56. The Morgan fingerprint density at radius 3 is 2.43 bits per heavy atom. The molecule has 0 aliphatic carbocycles. The topological polar surface area (TPSA) is 101 Å². The third-order valence-corrected chi connectivity index (χ3v) is 5.80. The molecule has 0 radical (unpaired) electrons. The maximum absolute atomic E-state index is 12.2. The van der Waals surface area contributed by atoms with Crippen molar-refractivity contribution >= 4 is 27.3 Å². The van der Waals surface area contributed by atoms with Crippen LogP contribution in [0.5, 0.6) is 0 Å². The van der Waals surface area contributed by atoms with Crippen LogP contribution in [0.1, 0.15) is 22.8 Å². The molecule has 0 saturated carbocycles. The fourth-order valence-corrected chi connectivity index (χ4v) is 3.67. The summed E-state index contributed by atoms with van der Waals surface area (Å²) in [6, 6.07) is 15.7. The monoisotopic (exact) mass is 396 g/mol. The Hall–Kier alpha value is -3.10. The Balaban J connectivity index is 1.86. The number of ketones is 1. The van der Waals surface area contributed by atoms with Crippen molar-refractivity contribution in [1.82, 2.24) is 14.9 Å². The van der Waals surface area contributed by atoms with E-state index in [4.69, 9.17) is 0 Å². The quantitative estimate of drug-likeness (QED) is 0.620. The van der Waals surface area contributed by atoms with Crippen molar-refractivity contribution in [3.63, 3.8) is 0 Å². The minimum absolute atomic E-state index is 0.0169. The molecule has 144 valence electrons. The van der Waals surface area contributed by atoms with Crippen LogP contribution in [-0.2, 0) is 10.0 Å². The van der Waals surface area contributed by atoms with Gasteiger partial charge in [0.25, 0.3) is 0 Å². The van der Waals surface area contributed by atoms with Crippen LogP contribution in [0, 0.1) is 6.92 Å². The molecule has 0 spiro atoms. The summed E-state index contributed by atoms with van der Waals surface area (Å²) in [6.07, 6.45) is 0. The average Bonchev–Trinajstić information content (AvgIpc) is 2.69. The molecule has 2 N–H and O–H groups in total. The molecule has 1 aromatic heterocycles. The Morgan fingerprint density at radius 1 is 1.00 bits per heavy atom. The number of hydrogen-bond acceptors (Lipinski definition) is 6. The molecule has 1 heterocycles. The van der Waals surface area contributed by atoms with Crippen LogP contribution in [0.4, 0.5) is 11.5 Å². The van der Waals surface area contributed by atoms with Crippen LogP contribution in [-0.4, -0.2) is 31.4 Å². The molecule has 0 fully saturated rings. The van der Waals surface area contributed by atoms with E-state index in [2.05, 4.69) is 20.2 Å². The highest BCUT2D eigenvalue weighted by molar-refractivity contribution is 7.89. The first-order valence-electron chi connectivity index (χ1n) is 8.56. The van der Waals surface area contributed by atoms with Gasteiger partial charge in [-0.25, -0.2) is 13.1 Å². The summed E-state index contributed by atoms with van der Waals surface area (Å²) >= 11 is 0. The highest BCUT2D eigenvalue weighted by Gasteiger charge is 2.16. The van der Waals surface area contributed by atoms with Gasteiger partial charge in [-0.15, -0.1) is 10.2 Å². The molecule has 0 unspecified atom stereocenters. The summed E-state index contributed by atoms with van der Waals surface area (Å²) in [7, 11) is -2.18. The number of nitrogens with zero attached hydrogens (tertiary/aromatic N) is 2. The van der Waals surface area contributed by atoms with Crippen molar-refractivity contribution in [3.8, 4) is 11.3 Å². The van der Waals surface area contributed by atoms with Gasteiger partial charge in [-0.3, -0.25) is 4.79 Å². The Bertz CT molecular complexity index is 1130. The molecule has 0 aliphatic rings. The van der Waals surface area contributed by atoms with Crippen LogP contribution in [0.2, 0.25) is 0 Å². The number of carbonyl (C=O) groups excluding carboxylic acids is 1. The Kier molecular flexibility index (Phi) is 5.53. The molecule has 3 rings (SSSR count). The van der Waals surface area contributed by atoms with E-state index in [9.17, 15) is 13.2 Å². The smallest absolute Gasteiger partial charge is 0.240 e. The number of nitrogens with one attached hydrogen (secondary N) is 2. The predicted molar refractivity (Wildman–Crippen MR) is 108 cm³/mol. The average molecular weight is 396 g/mol. The SMILES string of the molecule is CNS(=O)(=O)c1cc(-c2ccc(Nc3cccc(C(C)=O)c3)nn2)ccc1C. The first-order chi connectivity index (χ1) is 13.3. The van der Waals surface area contributed by atoms with E-state index in [1.54, 1.807) is 55.5 Å². The molecule has 0 bridgehead atoms. The van der Waals surface area contributed by atoms with Gasteiger partial charge in [0.1, 0.15) is 0 Å². The van der Waals surface area contributed by atoms with Gasteiger partial charge < -0.3 is 5.32 Å². The molecule has 7 nitrogen and oxygen atoms in total. The van der Waals surface area contributed by atoms with E-state index >= 15 is 0 Å². The van der Waals surface area contributed by atoms with Crippen molar-refractivity contribution in [2.24, 2.45) is 0 Å². The van der Waals surface area contributed by atoms with Gasteiger partial charge >= 0.3 is 0 Å². The third kappa shape index (κ3) is 4.24. The molecule has 3 aromatic rings. The van der Waals surface area contributed by atoms with Crippen molar-refractivity contribution < 1.29 is 13.2 Å². The number of carbonyl (C=O) groups is 1. The number of hydrogen-bond donors (Lipinski definition) is 2. The molecular formula is C20H20N4O3S. The number of Topliss-reactive ketones (excluding diaryl/α,β-unsaturated/α-hetero) is 1. The standard InChI is InChI=1S/C20H20N4O3S/c1-13-7-8-16(12-19(13)28(26,27)21-3)18-9-10-20(24-23-18)22-17-6-4-5-15(11-17)14(2)25/h4-12,21H,1-3H3,(H,22,24). The maximum Gasteiger partial charge on any atom is 0.240 e. The molecule has 8 heteroatoms. The van der Waals surface area contributed by atoms with Gasteiger partial charge in [-0.1, -0.05) is 24.3 Å². The molecule has 0 amide bonds. The number of aromatic nitrogens is 2. The largest absolute Gasteiger partial charge is 0.339 e. The lowest BCUT2D eigenvalue weighted by Gasteiger charge is -2.10. The van der Waals surface area contributed by atoms with Crippen molar-refractivity contribution in [3.05, 3.63) is 65.7 Å². The molecule has 0 saturated heterocycles. The van der Waals surface area contributed by atoms with Gasteiger partial charge in [-0.05, 0) is 56.8 Å². The number of benzene rings is 2. The van der Waals surface area contributed by atoms with E-state index in [-0.39, 0.29) is 10.7 Å². The van der Waals surface area contributed by atoms with Gasteiger partial charge in [-0.2, -0.15) is 0 Å². The zero-order valence-electron chi connectivity index (χ0n) is 15.7. The predicted octanol–water partition coefficient (Wildman–Crippen LogP) is 3.31. The van der Waals surface area contributed by atoms with Crippen molar-refractivity contribution in [2.45, 2.75) is 18.7 Å². The highest BCUT2D eigenvalue weighted by Crippen LogP contribution is 2.24. The normalized spacial score (nSPS) is 11.2. The lowest BCUT2D eigenvalue weighted by atomic mass is 10.1. The van der Waals surface area contributed by atoms with Gasteiger partial charge in [0, 0.05) is 16.8 Å². The first kappa shape index (κ1) is 19.7. The molecule has 0 atom stereocenters. The third-order valence-electron chi connectivity index (χ3n) is 4.25. The molecule has 28 heavy (non-hydrogen) atoms. The van der Waals surface area contributed by atoms with Crippen molar-refractivity contribution in [2.75, 3.05) is 12.4 Å². The number of anilines is 2. The fourth-order valence-electron chi connectivity index (χ4n) is 2.68. The first-order valence-corrected chi connectivity index (χ1v) is 10.0. The van der Waals surface area contributed by atoms with Crippen LogP contribution >= 0.6 is 0 Å². The summed E-state index contributed by atoms with van der Waals surface area (Å²) in [5, 5.41) is 11.4. The number of rotatable bonds is 6. The van der Waals surface area contributed by atoms with Gasteiger partial charge in [0.15, 0.2) is 11.6 Å². The van der Waals surface area contributed by atoms with Crippen molar-refractivity contribution in [1.29, 1.82) is 0 Å². The second kappa shape index (κ2) is 7.87. The summed E-state index contributed by atoms with van der Waals surface area (Å²) in [4.78, 5) is 11.7. The lowest BCUT2D eigenvalue weighted by Crippen LogP contribution is -2.19. The molecule has 0 aliphatic heterocycles. The highest BCUT2D eigenvalue weighted by atomic mass is 32.2. The van der Waals surface area contributed by atoms with Crippen LogP contribution in [0.3, 0.4) is 0 Å². The number of aryl methyl sites for hydroxylation is 1. The maximum atomic E-state index is 12.2. The summed E-state index contributed by atoms with van der Waals surface area (Å²) in [5.74, 6) is 0.497. The summed E-state index contributed by atoms with van der Waals surface area (Å²) < 4.78 is 26.6. The molecular weight excluding hydrogens is 376 g/mol. The number of sulfonamides is 1. The summed E-state index contributed by atoms with van der Waals surface area (Å²) in [5.41, 5.74) is 3.18. The summed E-state index contributed by atoms with van der Waals surface area (Å²) in [6.45, 7) is 3.25. The van der Waals surface area contributed by atoms with Crippen LogP contribution in [0.25, 0.3) is 11.3 Å². The zero-order chi connectivity index (χ0) is 20.3. The van der Waals surface area contributed by atoms with E-state index in [1.165, 1.54) is 14.0 Å². The second-order valence-corrected chi connectivity index (χ2v) is 8.11. The van der Waals surface area contributed by atoms with Gasteiger partial charge in [0.2, 0.25) is 10.0 Å². The Labute approximate surface area is 163 Å². The van der Waals surface area contributed by atoms with E-state index < -0.39 is 10.0 Å². The fraction of sp³-hybridized carbons (Fsp3) is 0.150. The minimum Gasteiger partial charge on any atom is -0.339 e. The van der Waals surface area contributed by atoms with Crippen LogP contribution in [0.15, 0.2) is 59.5 Å². The van der Waals surface area contributed by atoms with E-state index in [1.807, 2.05) is 6.07 Å². The van der Waals surface area contributed by atoms with Gasteiger partial charge in [0.05, 0.1) is 10.6 Å². The Morgan fingerprint density at radius 2 is 1.79 bits per heavy atom. The van der Waals surface area contributed by atoms with Crippen LogP contribution < -0.4 is 10.0 Å².